The summed E-state index contributed by atoms with van der Waals surface area (Å²) < 4.78 is 6.05. The molecule has 0 radical (unpaired) electrons. The largest absolute Gasteiger partial charge is 0.393 e. The van der Waals surface area contributed by atoms with Crippen LogP contribution in [0.1, 0.15) is 11.7 Å². The SMILES string of the molecule is COC(CO)c1ccccc1Br. The van der Waals surface area contributed by atoms with Crippen molar-refractivity contribution in [3.8, 4) is 0 Å². The van der Waals surface area contributed by atoms with Gasteiger partial charge < -0.3 is 9.84 Å². The van der Waals surface area contributed by atoms with Crippen molar-refractivity contribution in [1.29, 1.82) is 0 Å². The van der Waals surface area contributed by atoms with Gasteiger partial charge in [0.05, 0.1) is 6.61 Å². The highest BCUT2D eigenvalue weighted by molar-refractivity contribution is 9.10. The zero-order valence-corrected chi connectivity index (χ0v) is 8.41. The van der Waals surface area contributed by atoms with Gasteiger partial charge in [-0.2, -0.15) is 0 Å². The standard InChI is InChI=1S/C9H11BrO2/c1-12-9(6-11)7-4-2-3-5-8(7)10/h2-5,9,11H,6H2,1H3. The molecule has 0 saturated carbocycles. The minimum atomic E-state index is -0.236. The lowest BCUT2D eigenvalue weighted by Gasteiger charge is -2.13. The second kappa shape index (κ2) is 4.60. The molecule has 0 saturated heterocycles. The van der Waals surface area contributed by atoms with Crippen molar-refractivity contribution in [1.82, 2.24) is 0 Å². The predicted molar refractivity (Wildman–Crippen MR) is 51.0 cm³/mol. The normalized spacial score (nSPS) is 12.9. The molecular formula is C9H11BrO2. The highest BCUT2D eigenvalue weighted by Gasteiger charge is 2.10. The Kier molecular flexibility index (Phi) is 3.72. The van der Waals surface area contributed by atoms with Gasteiger partial charge in [0.15, 0.2) is 0 Å². The summed E-state index contributed by atoms with van der Waals surface area (Å²) >= 11 is 3.39. The molecule has 1 aromatic carbocycles. The average molecular weight is 231 g/mol. The van der Waals surface area contributed by atoms with Crippen LogP contribution in [0.3, 0.4) is 0 Å². The number of ether oxygens (including phenoxy) is 1. The number of rotatable bonds is 3. The fourth-order valence-electron chi connectivity index (χ4n) is 1.04. The van der Waals surface area contributed by atoms with Crippen LogP contribution < -0.4 is 0 Å². The third-order valence-electron chi connectivity index (χ3n) is 1.70. The topological polar surface area (TPSA) is 29.5 Å². The quantitative estimate of drug-likeness (QED) is 0.863. The highest BCUT2D eigenvalue weighted by atomic mass is 79.9. The summed E-state index contributed by atoms with van der Waals surface area (Å²) in [6, 6.07) is 7.70. The number of aliphatic hydroxyl groups is 1. The molecule has 0 aliphatic heterocycles. The van der Waals surface area contributed by atoms with Crippen LogP contribution >= 0.6 is 15.9 Å². The molecule has 0 heterocycles. The molecule has 0 spiro atoms. The molecule has 0 amide bonds. The smallest absolute Gasteiger partial charge is 0.106 e. The molecule has 3 heteroatoms. The first-order valence-electron chi connectivity index (χ1n) is 3.67. The van der Waals surface area contributed by atoms with E-state index in [4.69, 9.17) is 9.84 Å². The van der Waals surface area contributed by atoms with Crippen LogP contribution in [-0.4, -0.2) is 18.8 Å². The number of halogens is 1. The van der Waals surface area contributed by atoms with Gasteiger partial charge in [-0.25, -0.2) is 0 Å². The summed E-state index contributed by atoms with van der Waals surface area (Å²) in [5.74, 6) is 0. The van der Waals surface area contributed by atoms with Crippen LogP contribution in [0.15, 0.2) is 28.7 Å². The van der Waals surface area contributed by atoms with E-state index in [0.29, 0.717) is 0 Å². The van der Waals surface area contributed by atoms with Crippen LogP contribution in [0, 0.1) is 0 Å². The molecule has 1 atom stereocenters. The van der Waals surface area contributed by atoms with E-state index in [1.165, 1.54) is 0 Å². The maximum atomic E-state index is 8.96. The Morgan fingerprint density at radius 2 is 2.17 bits per heavy atom. The molecule has 1 unspecified atom stereocenters. The highest BCUT2D eigenvalue weighted by Crippen LogP contribution is 2.24. The molecule has 1 rings (SSSR count). The fourth-order valence-corrected chi connectivity index (χ4v) is 1.58. The summed E-state index contributed by atoms with van der Waals surface area (Å²) in [7, 11) is 1.58. The van der Waals surface area contributed by atoms with Crippen LogP contribution in [-0.2, 0) is 4.74 Å². The first-order valence-corrected chi connectivity index (χ1v) is 4.47. The number of aliphatic hydroxyl groups excluding tert-OH is 1. The monoisotopic (exact) mass is 230 g/mol. The van der Waals surface area contributed by atoms with Crippen molar-refractivity contribution in [2.24, 2.45) is 0 Å². The molecule has 1 aromatic rings. The lowest BCUT2D eigenvalue weighted by molar-refractivity contribution is 0.0479. The van der Waals surface area contributed by atoms with Crippen molar-refractivity contribution >= 4 is 15.9 Å². The average Bonchev–Trinajstić information content (AvgIpc) is 2.10. The van der Waals surface area contributed by atoms with Gasteiger partial charge in [-0.1, -0.05) is 34.1 Å². The van der Waals surface area contributed by atoms with E-state index in [-0.39, 0.29) is 12.7 Å². The lowest BCUT2D eigenvalue weighted by Crippen LogP contribution is -2.06. The van der Waals surface area contributed by atoms with E-state index in [1.54, 1.807) is 7.11 Å². The molecule has 0 aliphatic rings. The van der Waals surface area contributed by atoms with Gasteiger partial charge in [0.1, 0.15) is 6.10 Å². The summed E-state index contributed by atoms with van der Waals surface area (Å²) in [5.41, 5.74) is 0.975. The number of hydrogen-bond donors (Lipinski definition) is 1. The van der Waals surface area contributed by atoms with Crippen molar-refractivity contribution in [3.63, 3.8) is 0 Å². The second-order valence-electron chi connectivity index (χ2n) is 2.43. The molecule has 0 aromatic heterocycles. The van der Waals surface area contributed by atoms with Gasteiger partial charge in [-0.3, -0.25) is 0 Å². The van der Waals surface area contributed by atoms with Gasteiger partial charge >= 0.3 is 0 Å². The summed E-state index contributed by atoms with van der Waals surface area (Å²) in [5, 5.41) is 8.96. The molecule has 0 bridgehead atoms. The van der Waals surface area contributed by atoms with E-state index < -0.39 is 0 Å². The Labute approximate surface area is 80.3 Å². The third kappa shape index (κ3) is 2.06. The van der Waals surface area contributed by atoms with Gasteiger partial charge in [0, 0.05) is 11.6 Å². The van der Waals surface area contributed by atoms with E-state index in [9.17, 15) is 0 Å². The molecule has 12 heavy (non-hydrogen) atoms. The van der Waals surface area contributed by atoms with Crippen LogP contribution in [0.25, 0.3) is 0 Å². The van der Waals surface area contributed by atoms with E-state index in [0.717, 1.165) is 10.0 Å². The Morgan fingerprint density at radius 1 is 1.50 bits per heavy atom. The first kappa shape index (κ1) is 9.71. The van der Waals surface area contributed by atoms with E-state index >= 15 is 0 Å². The Bertz CT molecular complexity index is 246. The van der Waals surface area contributed by atoms with Gasteiger partial charge in [0.25, 0.3) is 0 Å². The fraction of sp³-hybridized carbons (Fsp3) is 0.333. The van der Waals surface area contributed by atoms with Crippen molar-refractivity contribution in [3.05, 3.63) is 34.3 Å². The zero-order valence-electron chi connectivity index (χ0n) is 6.83. The van der Waals surface area contributed by atoms with Crippen molar-refractivity contribution in [2.45, 2.75) is 6.10 Å². The molecule has 0 aliphatic carbocycles. The van der Waals surface area contributed by atoms with Gasteiger partial charge in [-0.05, 0) is 11.6 Å². The van der Waals surface area contributed by atoms with Crippen molar-refractivity contribution in [2.75, 3.05) is 13.7 Å². The minimum absolute atomic E-state index is 0.000880. The third-order valence-corrected chi connectivity index (χ3v) is 2.42. The van der Waals surface area contributed by atoms with Crippen molar-refractivity contribution < 1.29 is 9.84 Å². The predicted octanol–water partition coefficient (Wildman–Crippen LogP) is 2.13. The molecular weight excluding hydrogens is 220 g/mol. The van der Waals surface area contributed by atoms with Crippen LogP contribution in [0.5, 0.6) is 0 Å². The number of methoxy groups -OCH3 is 1. The van der Waals surface area contributed by atoms with E-state index in [2.05, 4.69) is 15.9 Å². The first-order chi connectivity index (χ1) is 5.79. The zero-order chi connectivity index (χ0) is 8.97. The second-order valence-corrected chi connectivity index (χ2v) is 3.28. The summed E-state index contributed by atoms with van der Waals surface area (Å²) in [6.07, 6.45) is -0.236. The lowest BCUT2D eigenvalue weighted by atomic mass is 10.1. The Hall–Kier alpha value is -0.380. The van der Waals surface area contributed by atoms with Crippen LogP contribution in [0.2, 0.25) is 0 Å². The maximum Gasteiger partial charge on any atom is 0.106 e. The molecule has 1 N–H and O–H groups in total. The Morgan fingerprint density at radius 3 is 2.67 bits per heavy atom. The van der Waals surface area contributed by atoms with E-state index in [1.807, 2.05) is 24.3 Å². The number of benzene rings is 1. The molecule has 0 fully saturated rings. The molecule has 2 nitrogen and oxygen atoms in total. The summed E-state index contributed by atoms with van der Waals surface area (Å²) in [6.45, 7) is -0.000880. The summed E-state index contributed by atoms with van der Waals surface area (Å²) in [4.78, 5) is 0. The minimum Gasteiger partial charge on any atom is -0.393 e. The molecule has 66 valence electrons. The van der Waals surface area contributed by atoms with Crippen LogP contribution in [0.4, 0.5) is 0 Å². The Balaban J connectivity index is 2.92. The van der Waals surface area contributed by atoms with Gasteiger partial charge in [0.2, 0.25) is 0 Å². The van der Waals surface area contributed by atoms with Gasteiger partial charge in [-0.15, -0.1) is 0 Å². The maximum absolute atomic E-state index is 8.96. The number of hydrogen-bond acceptors (Lipinski definition) is 2.